The summed E-state index contributed by atoms with van der Waals surface area (Å²) in [5.74, 6) is 2.41. The number of fused-ring (bicyclic) bond motifs is 22. The Hall–Kier alpha value is -6.20. The van der Waals surface area contributed by atoms with Crippen LogP contribution in [0.4, 0.5) is 0 Å². The monoisotopic (exact) mass is 685 g/mol. The number of aliphatic imine (C=N–C) groups is 2. The van der Waals surface area contributed by atoms with E-state index in [-0.39, 0.29) is 0 Å². The second-order valence-corrected chi connectivity index (χ2v) is 13.2. The molecule has 0 atom stereocenters. The molecule has 6 aromatic heterocycles. The number of aromatic nitrogens is 6. The van der Waals surface area contributed by atoms with Crippen LogP contribution in [0.25, 0.3) is 57.3 Å². The van der Waals surface area contributed by atoms with Gasteiger partial charge in [0.15, 0.2) is 0 Å². The molecule has 0 amide bonds. The average molecular weight is 686 g/mol. The molecule has 0 N–H and O–H groups in total. The number of hydrogen-bond donors (Lipinski definition) is 0. The Morgan fingerprint density at radius 2 is 0.942 bits per heavy atom. The molecule has 3 aliphatic rings. The number of rotatable bonds is 5. The summed E-state index contributed by atoms with van der Waals surface area (Å²) in [6, 6.07) is 23.5. The van der Waals surface area contributed by atoms with Crippen molar-refractivity contribution >= 4 is 22.8 Å². The van der Waals surface area contributed by atoms with Crippen LogP contribution < -0.4 is 0 Å². The molecular weight excluding hydrogens is 651 g/mol. The van der Waals surface area contributed by atoms with E-state index >= 15 is 0 Å². The van der Waals surface area contributed by atoms with Crippen molar-refractivity contribution in [2.75, 3.05) is 20.6 Å². The Kier molecular flexibility index (Phi) is 8.04. The van der Waals surface area contributed by atoms with Gasteiger partial charge in [-0.2, -0.15) is 0 Å². The highest BCUT2D eigenvalue weighted by atomic mass is 16.4. The topological polar surface area (TPSA) is 132 Å². The van der Waals surface area contributed by atoms with Crippen molar-refractivity contribution in [1.29, 1.82) is 0 Å². The summed E-state index contributed by atoms with van der Waals surface area (Å²) in [5, 5.41) is 0. The fourth-order valence-corrected chi connectivity index (χ4v) is 6.57. The van der Waals surface area contributed by atoms with E-state index in [1.165, 1.54) is 0 Å². The summed E-state index contributed by atoms with van der Waals surface area (Å²) >= 11 is 0. The lowest BCUT2D eigenvalue weighted by Crippen LogP contribution is -2.15. The molecule has 0 fully saturated rings. The van der Waals surface area contributed by atoms with Crippen LogP contribution in [0.5, 0.6) is 0 Å². The van der Waals surface area contributed by atoms with Gasteiger partial charge < -0.3 is 13.7 Å². The fraction of sp³-hybridized carbons (Fsp3) is 0.220. The van der Waals surface area contributed by atoms with Gasteiger partial charge in [0.25, 0.3) is 0 Å². The minimum absolute atomic E-state index is 0.437. The normalized spacial score (nSPS) is 14.5. The molecule has 11 nitrogen and oxygen atoms in total. The minimum atomic E-state index is 0.437. The molecule has 0 spiro atoms. The van der Waals surface area contributed by atoms with Gasteiger partial charge >= 0.3 is 0 Å². The maximum Gasteiger partial charge on any atom is 0.245 e. The predicted octanol–water partition coefficient (Wildman–Crippen LogP) is 7.75. The Balaban J connectivity index is 1.20. The summed E-state index contributed by atoms with van der Waals surface area (Å²) in [6.07, 6.45) is 7.68. The molecule has 11 heteroatoms. The van der Waals surface area contributed by atoms with E-state index in [2.05, 4.69) is 24.0 Å². The second kappa shape index (κ2) is 13.2. The summed E-state index contributed by atoms with van der Waals surface area (Å²) in [7, 11) is 4.08. The second-order valence-electron chi connectivity index (χ2n) is 13.2. The molecule has 16 bridgehead atoms. The quantitative estimate of drug-likeness (QED) is 0.179. The van der Waals surface area contributed by atoms with Crippen molar-refractivity contribution in [3.05, 3.63) is 119 Å². The van der Waals surface area contributed by atoms with Crippen molar-refractivity contribution in [3.8, 4) is 45.9 Å². The minimum Gasteiger partial charge on any atom is -0.439 e. The van der Waals surface area contributed by atoms with E-state index in [0.717, 1.165) is 82.2 Å². The van der Waals surface area contributed by atoms with Gasteiger partial charge in [0.05, 0.1) is 57.0 Å². The summed E-state index contributed by atoms with van der Waals surface area (Å²) in [4.78, 5) is 42.1. The molecule has 6 aromatic rings. The lowest BCUT2D eigenvalue weighted by molar-refractivity contribution is 0.392. The lowest BCUT2D eigenvalue weighted by Gasteiger charge is -2.08. The van der Waals surface area contributed by atoms with E-state index < -0.39 is 0 Å². The number of pyridine rings is 4. The molecule has 0 saturated carbocycles. The molecule has 52 heavy (non-hydrogen) atoms. The molecule has 9 rings (SSSR count). The lowest BCUT2D eigenvalue weighted by atomic mass is 10.1. The van der Waals surface area contributed by atoms with Gasteiger partial charge in [-0.15, -0.1) is 0 Å². The molecule has 0 radical (unpaired) electrons. The van der Waals surface area contributed by atoms with Crippen LogP contribution in [-0.4, -0.2) is 66.9 Å². The summed E-state index contributed by atoms with van der Waals surface area (Å²) < 4.78 is 12.9. The van der Waals surface area contributed by atoms with E-state index in [1.807, 2.05) is 86.9 Å². The van der Waals surface area contributed by atoms with Crippen molar-refractivity contribution in [3.63, 3.8) is 0 Å². The van der Waals surface area contributed by atoms with Gasteiger partial charge in [0.2, 0.25) is 11.8 Å². The van der Waals surface area contributed by atoms with Gasteiger partial charge in [0.1, 0.15) is 34.3 Å². The Morgan fingerprint density at radius 3 is 1.42 bits per heavy atom. The van der Waals surface area contributed by atoms with E-state index in [1.54, 1.807) is 0 Å². The maximum absolute atomic E-state index is 6.47. The summed E-state index contributed by atoms with van der Waals surface area (Å²) in [5.41, 5.74) is 10.4. The van der Waals surface area contributed by atoms with Crippen molar-refractivity contribution < 1.29 is 8.83 Å². The predicted molar refractivity (Wildman–Crippen MR) is 200 cm³/mol. The van der Waals surface area contributed by atoms with E-state index in [0.29, 0.717) is 59.5 Å². The van der Waals surface area contributed by atoms with Crippen molar-refractivity contribution in [1.82, 2.24) is 34.8 Å². The molecule has 256 valence electrons. The van der Waals surface area contributed by atoms with Crippen LogP contribution in [0.15, 0.2) is 104 Å². The summed E-state index contributed by atoms with van der Waals surface area (Å²) in [6.45, 7) is 2.91. The van der Waals surface area contributed by atoms with E-state index in [4.69, 9.17) is 48.7 Å². The Labute approximate surface area is 300 Å². The van der Waals surface area contributed by atoms with Gasteiger partial charge in [-0.25, -0.2) is 39.9 Å². The van der Waals surface area contributed by atoms with Crippen LogP contribution in [0.1, 0.15) is 60.5 Å². The fourth-order valence-electron chi connectivity index (χ4n) is 6.57. The number of likely N-dealkylation sites (N-methyl/N-ethyl adjacent to an activating group) is 1. The molecule has 0 saturated heterocycles. The maximum atomic E-state index is 6.47. The van der Waals surface area contributed by atoms with Crippen LogP contribution in [0.2, 0.25) is 0 Å². The zero-order chi connectivity index (χ0) is 35.2. The SMILES string of the molecule is CCCc1oc2nc1-c1cccc(n1)C1=NC(=CC1)c1cccc(n1)-c1nc(c(CCN(C)C)o1)-c1cccc(n1)C1=NC(=CC1)c1cccc-2n1. The molecule has 3 aliphatic heterocycles. The van der Waals surface area contributed by atoms with Gasteiger partial charge in [-0.3, -0.25) is 0 Å². The number of nitrogens with zero attached hydrogens (tertiary/aromatic N) is 9. The number of hydrogen-bond acceptors (Lipinski definition) is 11. The van der Waals surface area contributed by atoms with Crippen molar-refractivity contribution in [2.24, 2.45) is 9.98 Å². The third kappa shape index (κ3) is 5.98. The highest BCUT2D eigenvalue weighted by Crippen LogP contribution is 2.33. The smallest absolute Gasteiger partial charge is 0.245 e. The first-order chi connectivity index (χ1) is 25.5. The highest BCUT2D eigenvalue weighted by molar-refractivity contribution is 6.07. The van der Waals surface area contributed by atoms with Crippen LogP contribution in [-0.2, 0) is 12.8 Å². The first kappa shape index (κ1) is 31.8. The highest BCUT2D eigenvalue weighted by Gasteiger charge is 2.24. The van der Waals surface area contributed by atoms with Crippen LogP contribution in [0, 0.1) is 0 Å². The zero-order valence-corrected chi connectivity index (χ0v) is 29.2. The average Bonchev–Trinajstić information content (AvgIpc) is 4.01. The number of oxazole rings is 2. The molecular formula is C41H35N9O2. The zero-order valence-electron chi connectivity index (χ0n) is 29.2. The molecule has 0 aliphatic carbocycles. The van der Waals surface area contributed by atoms with E-state index in [9.17, 15) is 0 Å². The first-order valence-corrected chi connectivity index (χ1v) is 17.6. The van der Waals surface area contributed by atoms with Crippen LogP contribution in [0.3, 0.4) is 0 Å². The van der Waals surface area contributed by atoms with Gasteiger partial charge in [-0.05, 0) is 69.0 Å². The van der Waals surface area contributed by atoms with Crippen molar-refractivity contribution in [2.45, 2.75) is 39.0 Å². The first-order valence-electron chi connectivity index (χ1n) is 17.6. The standard InChI is InChI=1S/C41H35N9O2/c1-4-9-36-38-32-14-5-10-24(44-32)28-18-20-31(42-28)27-13-8-17-35(47-27)41-49-39(37(52-41)22-23-50(2)3)33-15-6-11-25(45-33)29-19-21-30(43-29)26-12-7-16-34(46-26)40(48-38)51-36/h5-8,10-17,20-21H,4,9,18-19,22-23H2,1-3H3. The molecule has 0 aromatic carbocycles. The third-order valence-corrected chi connectivity index (χ3v) is 9.18. The Bertz CT molecular complexity index is 2480. The Morgan fingerprint density at radius 1 is 0.519 bits per heavy atom. The third-order valence-electron chi connectivity index (χ3n) is 9.18. The largest absolute Gasteiger partial charge is 0.439 e. The van der Waals surface area contributed by atoms with Gasteiger partial charge in [-0.1, -0.05) is 43.3 Å². The van der Waals surface area contributed by atoms with Gasteiger partial charge in [0, 0.05) is 32.2 Å². The number of aryl methyl sites for hydroxylation is 1. The number of allylic oxidation sites excluding steroid dienone is 2. The molecule has 9 heterocycles. The van der Waals surface area contributed by atoms with Crippen LogP contribution >= 0.6 is 0 Å². The molecule has 0 unspecified atom stereocenters.